The average molecular weight is 264 g/mol. The van der Waals surface area contributed by atoms with E-state index in [-0.39, 0.29) is 18.7 Å². The molecule has 0 spiro atoms. The maximum absolute atomic E-state index is 11.8. The number of H-pyrrole nitrogens is 1. The minimum Gasteiger partial charge on any atom is -0.465 e. The summed E-state index contributed by atoms with van der Waals surface area (Å²) in [5.74, 6) is -0.691. The van der Waals surface area contributed by atoms with Crippen molar-refractivity contribution in [1.82, 2.24) is 10.3 Å². The molecular formula is C12H12N2O5. The molecule has 0 saturated heterocycles. The van der Waals surface area contributed by atoms with E-state index in [0.717, 1.165) is 0 Å². The van der Waals surface area contributed by atoms with Crippen molar-refractivity contribution in [2.45, 2.75) is 12.8 Å². The van der Waals surface area contributed by atoms with Crippen LogP contribution in [-0.2, 0) is 0 Å². The van der Waals surface area contributed by atoms with Crippen LogP contribution in [0.25, 0.3) is 11.1 Å². The first kappa shape index (κ1) is 12.9. The molecule has 3 N–H and O–H groups in total. The highest BCUT2D eigenvalue weighted by atomic mass is 16.4. The van der Waals surface area contributed by atoms with Gasteiger partial charge < -0.3 is 14.8 Å². The number of aromatic nitrogens is 1. The molecular weight excluding hydrogens is 252 g/mol. The Bertz CT molecular complexity index is 670. The number of carbonyl (C=O) groups is 2. The largest absolute Gasteiger partial charge is 0.465 e. The maximum Gasteiger partial charge on any atom is 0.417 e. The van der Waals surface area contributed by atoms with Crippen molar-refractivity contribution in [3.05, 3.63) is 34.3 Å². The monoisotopic (exact) mass is 264 g/mol. The highest BCUT2D eigenvalue weighted by Crippen LogP contribution is 2.14. The van der Waals surface area contributed by atoms with Gasteiger partial charge in [0.1, 0.15) is 0 Å². The zero-order chi connectivity index (χ0) is 13.8. The first-order valence-electron chi connectivity index (χ1n) is 5.69. The molecule has 0 fully saturated rings. The summed E-state index contributed by atoms with van der Waals surface area (Å²) in [6, 6.07) is 4.70. The summed E-state index contributed by atoms with van der Waals surface area (Å²) < 4.78 is 4.86. The summed E-state index contributed by atoms with van der Waals surface area (Å²) >= 11 is 0. The molecule has 0 unspecified atom stereocenters. The van der Waals surface area contributed by atoms with Crippen LogP contribution < -0.4 is 11.1 Å². The fraction of sp³-hybridized carbons (Fsp3) is 0.250. The minimum atomic E-state index is -1.11. The molecule has 1 aromatic heterocycles. The number of nitrogens with one attached hydrogen (secondary N) is 2. The van der Waals surface area contributed by atoms with Crippen molar-refractivity contribution in [3.8, 4) is 0 Å². The highest BCUT2D eigenvalue weighted by molar-refractivity contribution is 5.98. The molecule has 7 nitrogen and oxygen atoms in total. The number of carboxylic acid groups (broad SMARTS) is 1. The summed E-state index contributed by atoms with van der Waals surface area (Å²) in [7, 11) is 0. The summed E-state index contributed by atoms with van der Waals surface area (Å²) in [4.78, 5) is 35.5. The van der Waals surface area contributed by atoms with Gasteiger partial charge in [0.15, 0.2) is 11.4 Å². The Morgan fingerprint density at radius 2 is 2.16 bits per heavy atom. The van der Waals surface area contributed by atoms with Gasteiger partial charge in [-0.2, -0.15) is 0 Å². The first-order valence-corrected chi connectivity index (χ1v) is 5.69. The number of fused-ring (bicyclic) bond motifs is 1. The number of hydrogen-bond donors (Lipinski definition) is 3. The van der Waals surface area contributed by atoms with E-state index >= 15 is 0 Å². The topological polar surface area (TPSA) is 112 Å². The summed E-state index contributed by atoms with van der Waals surface area (Å²) in [5, 5.41) is 10.6. The maximum atomic E-state index is 11.8. The predicted molar refractivity (Wildman–Crippen MR) is 66.4 cm³/mol. The number of hydrogen-bond acceptors (Lipinski definition) is 4. The predicted octanol–water partition coefficient (Wildman–Crippen LogP) is 1.35. The molecule has 7 heteroatoms. The second kappa shape index (κ2) is 5.38. The van der Waals surface area contributed by atoms with Crippen LogP contribution in [0.3, 0.4) is 0 Å². The number of oxazole rings is 1. The van der Waals surface area contributed by atoms with E-state index < -0.39 is 11.8 Å². The summed E-state index contributed by atoms with van der Waals surface area (Å²) in [6.07, 6.45) is -0.469. The van der Waals surface area contributed by atoms with Gasteiger partial charge in [0.05, 0.1) is 5.52 Å². The van der Waals surface area contributed by atoms with Gasteiger partial charge in [-0.3, -0.25) is 9.78 Å². The number of ketones is 1. The fourth-order valence-corrected chi connectivity index (χ4v) is 1.71. The van der Waals surface area contributed by atoms with E-state index in [1.54, 1.807) is 12.1 Å². The van der Waals surface area contributed by atoms with E-state index in [0.29, 0.717) is 23.1 Å². The van der Waals surface area contributed by atoms with Crippen LogP contribution in [-0.4, -0.2) is 28.5 Å². The number of amides is 1. The van der Waals surface area contributed by atoms with Gasteiger partial charge in [0.2, 0.25) is 0 Å². The van der Waals surface area contributed by atoms with Crippen LogP contribution in [0.15, 0.2) is 27.4 Å². The summed E-state index contributed by atoms with van der Waals surface area (Å²) in [6.45, 7) is 0.225. The highest BCUT2D eigenvalue weighted by Gasteiger charge is 2.09. The third-order valence-corrected chi connectivity index (χ3v) is 2.60. The molecule has 0 aliphatic heterocycles. The van der Waals surface area contributed by atoms with Crippen molar-refractivity contribution in [2.24, 2.45) is 0 Å². The van der Waals surface area contributed by atoms with E-state index in [1.807, 2.05) is 0 Å². The SMILES string of the molecule is O=C(O)NCCCC(=O)c1ccc2[nH]c(=O)oc2c1. The van der Waals surface area contributed by atoms with E-state index in [4.69, 9.17) is 9.52 Å². The van der Waals surface area contributed by atoms with Crippen LogP contribution in [0.2, 0.25) is 0 Å². The molecule has 0 saturated carbocycles. The Hall–Kier alpha value is -2.57. The molecule has 2 rings (SSSR count). The average Bonchev–Trinajstić information content (AvgIpc) is 2.73. The Labute approximate surface area is 107 Å². The van der Waals surface area contributed by atoms with Crippen LogP contribution in [0.4, 0.5) is 4.79 Å². The van der Waals surface area contributed by atoms with E-state index in [2.05, 4.69) is 10.3 Å². The quantitative estimate of drug-likeness (QED) is 0.557. The number of rotatable bonds is 5. The van der Waals surface area contributed by atoms with Gasteiger partial charge in [-0.15, -0.1) is 0 Å². The third kappa shape index (κ3) is 3.21. The number of Topliss-reactive ketones (excluding diaryl/α,β-unsaturated/α-hetero) is 1. The fourth-order valence-electron chi connectivity index (χ4n) is 1.71. The van der Waals surface area contributed by atoms with Crippen molar-refractivity contribution in [1.29, 1.82) is 0 Å². The molecule has 1 aromatic carbocycles. The lowest BCUT2D eigenvalue weighted by Crippen LogP contribution is -2.22. The van der Waals surface area contributed by atoms with Gasteiger partial charge >= 0.3 is 11.8 Å². The minimum absolute atomic E-state index is 0.127. The molecule has 100 valence electrons. The Balaban J connectivity index is 2.00. The zero-order valence-electron chi connectivity index (χ0n) is 9.93. The van der Waals surface area contributed by atoms with Gasteiger partial charge in [-0.25, -0.2) is 9.59 Å². The van der Waals surface area contributed by atoms with Gasteiger partial charge in [-0.05, 0) is 24.6 Å². The van der Waals surface area contributed by atoms with Crippen molar-refractivity contribution in [2.75, 3.05) is 6.54 Å². The van der Waals surface area contributed by atoms with Crippen LogP contribution in [0.5, 0.6) is 0 Å². The molecule has 0 radical (unpaired) electrons. The zero-order valence-corrected chi connectivity index (χ0v) is 9.93. The molecule has 0 aliphatic carbocycles. The molecule has 2 aromatic rings. The molecule has 19 heavy (non-hydrogen) atoms. The van der Waals surface area contributed by atoms with E-state index in [1.165, 1.54) is 6.07 Å². The van der Waals surface area contributed by atoms with Gasteiger partial charge in [0, 0.05) is 18.5 Å². The second-order valence-electron chi connectivity index (χ2n) is 3.98. The lowest BCUT2D eigenvalue weighted by atomic mass is 10.1. The Morgan fingerprint density at radius 1 is 1.37 bits per heavy atom. The molecule has 0 bridgehead atoms. The third-order valence-electron chi connectivity index (χ3n) is 2.60. The molecule has 0 aliphatic rings. The van der Waals surface area contributed by atoms with Crippen molar-refractivity contribution in [3.63, 3.8) is 0 Å². The summed E-state index contributed by atoms with van der Waals surface area (Å²) in [5.41, 5.74) is 1.30. The Kier molecular flexibility index (Phi) is 3.65. The van der Waals surface area contributed by atoms with Gasteiger partial charge in [0.25, 0.3) is 0 Å². The lowest BCUT2D eigenvalue weighted by Gasteiger charge is -2.01. The van der Waals surface area contributed by atoms with Crippen LogP contribution in [0, 0.1) is 0 Å². The second-order valence-corrected chi connectivity index (χ2v) is 3.98. The Morgan fingerprint density at radius 3 is 2.89 bits per heavy atom. The molecule has 0 atom stereocenters. The van der Waals surface area contributed by atoms with Gasteiger partial charge in [-0.1, -0.05) is 0 Å². The number of carbonyl (C=O) groups excluding carboxylic acids is 1. The van der Waals surface area contributed by atoms with Crippen LogP contribution in [0.1, 0.15) is 23.2 Å². The van der Waals surface area contributed by atoms with Crippen molar-refractivity contribution >= 4 is 23.0 Å². The lowest BCUT2D eigenvalue weighted by molar-refractivity contribution is 0.0979. The molecule has 1 amide bonds. The van der Waals surface area contributed by atoms with Crippen molar-refractivity contribution < 1.29 is 19.1 Å². The normalized spacial score (nSPS) is 10.5. The first-order chi connectivity index (χ1) is 9.06. The van der Waals surface area contributed by atoms with Crippen LogP contribution >= 0.6 is 0 Å². The smallest absolute Gasteiger partial charge is 0.417 e. The molecule has 1 heterocycles. The van der Waals surface area contributed by atoms with E-state index in [9.17, 15) is 14.4 Å². The standard InChI is InChI=1S/C12H12N2O5/c15-9(2-1-5-13-11(16)17)7-3-4-8-10(6-7)19-12(18)14-8/h3-4,6,13H,1-2,5H2,(H,14,18)(H,16,17). The number of aromatic amines is 1. The number of benzene rings is 1.